The number of anilines is 1. The Morgan fingerprint density at radius 2 is 1.60 bits per heavy atom. The third kappa shape index (κ3) is 3.94. The molecular weight excluding hydrogens is 386 g/mol. The summed E-state index contributed by atoms with van der Waals surface area (Å²) < 4.78 is 5.17. The number of nitrogens with zero attached hydrogens (tertiary/aromatic N) is 3. The Balaban J connectivity index is 1.33. The Morgan fingerprint density at radius 3 is 2.23 bits per heavy atom. The van der Waals surface area contributed by atoms with Crippen LogP contribution in [0, 0.1) is 0 Å². The van der Waals surface area contributed by atoms with Crippen LogP contribution in [0.15, 0.2) is 54.6 Å². The second-order valence-corrected chi connectivity index (χ2v) is 7.22. The Morgan fingerprint density at radius 1 is 0.933 bits per heavy atom. The molecule has 0 N–H and O–H groups in total. The number of hydroxylamine groups is 2. The van der Waals surface area contributed by atoms with Gasteiger partial charge in [-0.2, -0.15) is 0 Å². The van der Waals surface area contributed by atoms with Gasteiger partial charge in [0.25, 0.3) is 11.8 Å². The molecule has 8 nitrogen and oxygen atoms in total. The van der Waals surface area contributed by atoms with Crippen LogP contribution in [0.5, 0.6) is 5.75 Å². The van der Waals surface area contributed by atoms with E-state index in [0.717, 1.165) is 17.0 Å². The highest BCUT2D eigenvalue weighted by Gasteiger charge is 2.43. The van der Waals surface area contributed by atoms with Gasteiger partial charge < -0.3 is 19.4 Å². The van der Waals surface area contributed by atoms with E-state index in [0.29, 0.717) is 31.2 Å². The van der Waals surface area contributed by atoms with Crippen LogP contribution in [0.1, 0.15) is 17.9 Å². The molecule has 1 atom stereocenters. The predicted molar refractivity (Wildman–Crippen MR) is 109 cm³/mol. The average molecular weight is 409 g/mol. The molecule has 0 aromatic heterocycles. The first-order chi connectivity index (χ1) is 14.6. The number of hydrogen-bond donors (Lipinski definition) is 0. The number of ether oxygens (including phenoxy) is 1. The molecule has 0 saturated carbocycles. The minimum absolute atomic E-state index is 0.00136. The summed E-state index contributed by atoms with van der Waals surface area (Å²) in [6, 6.07) is 16.8. The SMILES string of the molecule is COc1ccc(N2CCN(C(=O)ON3C(=O)CC(c4ccccc4)C3=O)CC2)cc1. The fourth-order valence-corrected chi connectivity index (χ4v) is 3.73. The number of methoxy groups -OCH3 is 1. The van der Waals surface area contributed by atoms with Crippen molar-refractivity contribution in [2.24, 2.45) is 0 Å². The first kappa shape index (κ1) is 19.8. The summed E-state index contributed by atoms with van der Waals surface area (Å²) in [5.74, 6) is -0.830. The minimum atomic E-state index is -0.681. The number of carbonyl (C=O) groups is 3. The number of imide groups is 1. The molecule has 2 aromatic carbocycles. The molecule has 2 heterocycles. The maximum absolute atomic E-state index is 12.6. The molecule has 8 heteroatoms. The van der Waals surface area contributed by atoms with Crippen LogP contribution >= 0.6 is 0 Å². The third-order valence-corrected chi connectivity index (χ3v) is 5.45. The lowest BCUT2D eigenvalue weighted by molar-refractivity contribution is -0.174. The summed E-state index contributed by atoms with van der Waals surface area (Å²) >= 11 is 0. The monoisotopic (exact) mass is 409 g/mol. The Labute approximate surface area is 174 Å². The Bertz CT molecular complexity index is 924. The van der Waals surface area contributed by atoms with E-state index in [9.17, 15) is 14.4 Å². The van der Waals surface area contributed by atoms with Gasteiger partial charge in [0, 0.05) is 38.3 Å². The van der Waals surface area contributed by atoms with Crippen LogP contribution in [0.25, 0.3) is 0 Å². The van der Waals surface area contributed by atoms with Gasteiger partial charge in [-0.1, -0.05) is 30.3 Å². The second kappa shape index (κ2) is 8.44. The molecule has 0 spiro atoms. The van der Waals surface area contributed by atoms with E-state index >= 15 is 0 Å². The zero-order valence-electron chi connectivity index (χ0n) is 16.7. The van der Waals surface area contributed by atoms with E-state index in [1.807, 2.05) is 42.5 Å². The average Bonchev–Trinajstić information content (AvgIpc) is 3.08. The van der Waals surface area contributed by atoms with Gasteiger partial charge in [-0.15, -0.1) is 5.06 Å². The Hall–Kier alpha value is -3.55. The van der Waals surface area contributed by atoms with Crippen molar-refractivity contribution < 1.29 is 24.0 Å². The highest BCUT2D eigenvalue weighted by molar-refractivity contribution is 6.05. The summed E-state index contributed by atoms with van der Waals surface area (Å²) in [5.41, 5.74) is 1.78. The van der Waals surface area contributed by atoms with E-state index in [1.54, 1.807) is 19.2 Å². The van der Waals surface area contributed by atoms with Crippen molar-refractivity contribution in [2.45, 2.75) is 12.3 Å². The van der Waals surface area contributed by atoms with E-state index in [-0.39, 0.29) is 6.42 Å². The number of benzene rings is 2. The summed E-state index contributed by atoms with van der Waals surface area (Å²) in [6.45, 7) is 2.11. The van der Waals surface area contributed by atoms with Crippen LogP contribution in [0.3, 0.4) is 0 Å². The van der Waals surface area contributed by atoms with Crippen molar-refractivity contribution >= 4 is 23.6 Å². The van der Waals surface area contributed by atoms with Crippen molar-refractivity contribution in [1.29, 1.82) is 0 Å². The van der Waals surface area contributed by atoms with Crippen molar-refractivity contribution in [3.8, 4) is 5.75 Å². The molecule has 2 aromatic rings. The molecule has 2 aliphatic heterocycles. The molecule has 0 radical (unpaired) electrons. The molecule has 156 valence electrons. The quantitative estimate of drug-likeness (QED) is 0.722. The second-order valence-electron chi connectivity index (χ2n) is 7.22. The molecule has 2 saturated heterocycles. The lowest BCUT2D eigenvalue weighted by atomic mass is 9.98. The smallest absolute Gasteiger partial charge is 0.434 e. The zero-order valence-corrected chi connectivity index (χ0v) is 16.7. The van der Waals surface area contributed by atoms with Crippen LogP contribution in [0.2, 0.25) is 0 Å². The summed E-state index contributed by atoms with van der Waals surface area (Å²) in [5, 5.41) is 0.621. The fourth-order valence-electron chi connectivity index (χ4n) is 3.73. The van der Waals surface area contributed by atoms with E-state index < -0.39 is 23.8 Å². The van der Waals surface area contributed by atoms with Gasteiger partial charge >= 0.3 is 6.09 Å². The maximum atomic E-state index is 12.6. The molecule has 2 fully saturated rings. The molecule has 2 aliphatic rings. The molecule has 0 bridgehead atoms. The highest BCUT2D eigenvalue weighted by Crippen LogP contribution is 2.30. The first-order valence-corrected chi connectivity index (χ1v) is 9.84. The van der Waals surface area contributed by atoms with Gasteiger partial charge in [0.2, 0.25) is 0 Å². The molecule has 0 aliphatic carbocycles. The first-order valence-electron chi connectivity index (χ1n) is 9.84. The van der Waals surface area contributed by atoms with Crippen molar-refractivity contribution in [2.75, 3.05) is 38.2 Å². The lowest BCUT2D eigenvalue weighted by Crippen LogP contribution is -2.50. The zero-order chi connectivity index (χ0) is 21.1. The number of amides is 3. The van der Waals surface area contributed by atoms with Crippen molar-refractivity contribution in [3.63, 3.8) is 0 Å². The summed E-state index contributed by atoms with van der Waals surface area (Å²) in [7, 11) is 1.62. The Kier molecular flexibility index (Phi) is 5.56. The largest absolute Gasteiger partial charge is 0.497 e. The van der Waals surface area contributed by atoms with Gasteiger partial charge in [-0.3, -0.25) is 9.59 Å². The van der Waals surface area contributed by atoms with Crippen molar-refractivity contribution in [3.05, 3.63) is 60.2 Å². The molecule has 3 amide bonds. The van der Waals surface area contributed by atoms with E-state index in [4.69, 9.17) is 9.57 Å². The van der Waals surface area contributed by atoms with Gasteiger partial charge in [0.15, 0.2) is 0 Å². The normalized spacial score (nSPS) is 19.2. The maximum Gasteiger partial charge on any atom is 0.434 e. The number of rotatable bonds is 4. The van der Waals surface area contributed by atoms with Gasteiger partial charge in [0.05, 0.1) is 13.0 Å². The topological polar surface area (TPSA) is 79.4 Å². The summed E-state index contributed by atoms with van der Waals surface area (Å²) in [4.78, 5) is 46.3. The standard InChI is InChI=1S/C22H23N3O5/c1-29-18-9-7-17(8-10-18)23-11-13-24(14-12-23)22(28)30-25-20(26)15-19(21(25)27)16-5-3-2-4-6-16/h2-10,19H,11-15H2,1H3. The number of piperazine rings is 1. The number of carbonyl (C=O) groups excluding carboxylic acids is 3. The van der Waals surface area contributed by atoms with Crippen LogP contribution in [-0.4, -0.2) is 61.2 Å². The molecule has 1 unspecified atom stereocenters. The fraction of sp³-hybridized carbons (Fsp3) is 0.318. The molecule has 4 rings (SSSR count). The predicted octanol–water partition coefficient (Wildman–Crippen LogP) is 2.41. The van der Waals surface area contributed by atoms with Gasteiger partial charge in [-0.25, -0.2) is 4.79 Å². The van der Waals surface area contributed by atoms with E-state index in [1.165, 1.54) is 4.90 Å². The molecular formula is C22H23N3O5. The number of hydrogen-bond acceptors (Lipinski definition) is 6. The van der Waals surface area contributed by atoms with E-state index in [2.05, 4.69) is 4.90 Å². The highest BCUT2D eigenvalue weighted by atomic mass is 16.7. The minimum Gasteiger partial charge on any atom is -0.497 e. The summed E-state index contributed by atoms with van der Waals surface area (Å²) in [6.07, 6.45) is -0.679. The van der Waals surface area contributed by atoms with Gasteiger partial charge in [-0.05, 0) is 29.8 Å². The van der Waals surface area contributed by atoms with Crippen LogP contribution < -0.4 is 9.64 Å². The third-order valence-electron chi connectivity index (χ3n) is 5.45. The van der Waals surface area contributed by atoms with Gasteiger partial charge in [0.1, 0.15) is 5.75 Å². The van der Waals surface area contributed by atoms with Crippen LogP contribution in [-0.2, 0) is 14.4 Å². The van der Waals surface area contributed by atoms with Crippen molar-refractivity contribution in [1.82, 2.24) is 9.96 Å². The van der Waals surface area contributed by atoms with Crippen LogP contribution in [0.4, 0.5) is 10.5 Å². The lowest BCUT2D eigenvalue weighted by Gasteiger charge is -2.35. The molecule has 30 heavy (non-hydrogen) atoms.